The van der Waals surface area contributed by atoms with E-state index in [1.807, 2.05) is 20.8 Å². The molecule has 0 aliphatic carbocycles. The Hall–Kier alpha value is -0.570. The molecule has 72 valence electrons. The fourth-order valence-electron chi connectivity index (χ4n) is 0.890. The molecule has 0 aromatic rings. The predicted molar refractivity (Wildman–Crippen MR) is 46.9 cm³/mol. The highest BCUT2D eigenvalue weighted by Crippen LogP contribution is 2.35. The Labute approximate surface area is 73.4 Å². The minimum Gasteiger partial charge on any atom is -0.481 e. The predicted octanol–water partition coefficient (Wildman–Crippen LogP) is 1.50. The lowest BCUT2D eigenvalue weighted by Crippen LogP contribution is -2.48. The van der Waals surface area contributed by atoms with Crippen molar-refractivity contribution in [2.24, 2.45) is 11.3 Å². The molecule has 2 N–H and O–H groups in total. The molecule has 0 aliphatic heterocycles. The van der Waals surface area contributed by atoms with Gasteiger partial charge in [0.15, 0.2) is 0 Å². The summed E-state index contributed by atoms with van der Waals surface area (Å²) in [7, 11) is 0. The van der Waals surface area contributed by atoms with E-state index in [1.54, 1.807) is 6.92 Å². The van der Waals surface area contributed by atoms with Gasteiger partial charge in [-0.2, -0.15) is 0 Å². The van der Waals surface area contributed by atoms with Crippen LogP contribution in [0.25, 0.3) is 0 Å². The summed E-state index contributed by atoms with van der Waals surface area (Å²) in [6.07, 6.45) is 0. The van der Waals surface area contributed by atoms with Crippen molar-refractivity contribution in [1.29, 1.82) is 0 Å². The third-order valence-electron chi connectivity index (χ3n) is 2.73. The number of hydrogen-bond donors (Lipinski definition) is 2. The lowest BCUT2D eigenvalue weighted by Gasteiger charge is -2.39. The molecule has 0 radical (unpaired) electrons. The van der Waals surface area contributed by atoms with Gasteiger partial charge in [0.1, 0.15) is 0 Å². The van der Waals surface area contributed by atoms with Gasteiger partial charge in [-0.05, 0) is 19.3 Å². The van der Waals surface area contributed by atoms with Crippen molar-refractivity contribution in [3.8, 4) is 0 Å². The number of carbonyl (C=O) groups is 1. The van der Waals surface area contributed by atoms with Crippen LogP contribution in [0.4, 0.5) is 0 Å². The van der Waals surface area contributed by atoms with E-state index in [2.05, 4.69) is 0 Å². The summed E-state index contributed by atoms with van der Waals surface area (Å²) >= 11 is 0. The standard InChI is InChI=1S/C9H18O3/c1-6(7(10)11)9(5,12)8(2,3)4/h6,12H,1-5H3,(H,10,11)/t6-,9+/m0/s1. The van der Waals surface area contributed by atoms with Gasteiger partial charge in [-0.15, -0.1) is 0 Å². The van der Waals surface area contributed by atoms with E-state index in [-0.39, 0.29) is 0 Å². The molecule has 0 saturated heterocycles. The van der Waals surface area contributed by atoms with Gasteiger partial charge in [0.05, 0.1) is 11.5 Å². The van der Waals surface area contributed by atoms with Crippen molar-refractivity contribution >= 4 is 5.97 Å². The van der Waals surface area contributed by atoms with Crippen LogP contribution < -0.4 is 0 Å². The van der Waals surface area contributed by atoms with Crippen LogP contribution in [0.3, 0.4) is 0 Å². The Kier molecular flexibility index (Phi) is 2.91. The zero-order valence-corrected chi connectivity index (χ0v) is 8.38. The topological polar surface area (TPSA) is 57.5 Å². The smallest absolute Gasteiger partial charge is 0.309 e. The normalized spacial score (nSPS) is 19.8. The van der Waals surface area contributed by atoms with Gasteiger partial charge in [-0.3, -0.25) is 4.79 Å². The second kappa shape index (κ2) is 3.05. The van der Waals surface area contributed by atoms with Gasteiger partial charge < -0.3 is 10.2 Å². The van der Waals surface area contributed by atoms with Crippen LogP contribution in [0.5, 0.6) is 0 Å². The second-order valence-electron chi connectivity index (χ2n) is 4.46. The van der Waals surface area contributed by atoms with Crippen molar-refractivity contribution in [3.63, 3.8) is 0 Å². The minimum atomic E-state index is -1.18. The highest BCUT2D eigenvalue weighted by atomic mass is 16.4. The summed E-state index contributed by atoms with van der Waals surface area (Å²) < 4.78 is 0. The highest BCUT2D eigenvalue weighted by molar-refractivity contribution is 5.71. The van der Waals surface area contributed by atoms with Crippen LogP contribution in [-0.4, -0.2) is 21.8 Å². The van der Waals surface area contributed by atoms with Crippen molar-refractivity contribution in [2.75, 3.05) is 0 Å². The molecule has 0 rings (SSSR count). The first-order valence-electron chi connectivity index (χ1n) is 4.06. The SMILES string of the molecule is C[C@@H](C(=O)O)[C@@](C)(O)C(C)(C)C. The molecule has 0 aliphatic rings. The summed E-state index contributed by atoms with van der Waals surface area (Å²) in [4.78, 5) is 10.6. The van der Waals surface area contributed by atoms with Crippen LogP contribution in [0.15, 0.2) is 0 Å². The van der Waals surface area contributed by atoms with Crippen LogP contribution in [0.1, 0.15) is 34.6 Å². The third kappa shape index (κ3) is 1.97. The molecule has 0 heterocycles. The van der Waals surface area contributed by atoms with E-state index in [0.717, 1.165) is 0 Å². The van der Waals surface area contributed by atoms with Gasteiger partial charge in [-0.25, -0.2) is 0 Å². The molecule has 0 unspecified atom stereocenters. The molecule has 0 spiro atoms. The van der Waals surface area contributed by atoms with Crippen LogP contribution >= 0.6 is 0 Å². The zero-order chi connectivity index (χ0) is 10.2. The number of carboxylic acid groups (broad SMARTS) is 1. The van der Waals surface area contributed by atoms with Crippen molar-refractivity contribution in [3.05, 3.63) is 0 Å². The van der Waals surface area contributed by atoms with Gasteiger partial charge in [0.2, 0.25) is 0 Å². The average Bonchev–Trinajstić information content (AvgIpc) is 1.83. The first-order valence-corrected chi connectivity index (χ1v) is 4.06. The molecule has 3 heteroatoms. The Morgan fingerprint density at radius 1 is 1.25 bits per heavy atom. The number of aliphatic carboxylic acids is 1. The first-order chi connectivity index (χ1) is 5.10. The van der Waals surface area contributed by atoms with Crippen LogP contribution in [0.2, 0.25) is 0 Å². The Bertz CT molecular complexity index is 177. The molecule has 0 saturated carbocycles. The number of rotatable bonds is 2. The minimum absolute atomic E-state index is 0.426. The first kappa shape index (κ1) is 11.4. The number of hydrogen-bond acceptors (Lipinski definition) is 2. The number of carboxylic acids is 1. The van der Waals surface area contributed by atoms with Crippen molar-refractivity contribution < 1.29 is 15.0 Å². The molecular formula is C9H18O3. The lowest BCUT2D eigenvalue weighted by atomic mass is 9.71. The molecule has 0 aromatic heterocycles. The molecule has 2 atom stereocenters. The molecule has 0 amide bonds. The van der Waals surface area contributed by atoms with E-state index < -0.39 is 22.9 Å². The van der Waals surface area contributed by atoms with Gasteiger partial charge in [-0.1, -0.05) is 20.8 Å². The maximum absolute atomic E-state index is 10.6. The van der Waals surface area contributed by atoms with Crippen LogP contribution in [-0.2, 0) is 4.79 Å². The molecule has 3 nitrogen and oxygen atoms in total. The summed E-state index contributed by atoms with van der Waals surface area (Å²) in [5.41, 5.74) is -1.61. The van der Waals surface area contributed by atoms with Gasteiger partial charge in [0, 0.05) is 0 Å². The second-order valence-corrected chi connectivity index (χ2v) is 4.46. The van der Waals surface area contributed by atoms with Gasteiger partial charge in [0.25, 0.3) is 0 Å². The maximum atomic E-state index is 10.6. The average molecular weight is 174 g/mol. The fourth-order valence-corrected chi connectivity index (χ4v) is 0.890. The monoisotopic (exact) mass is 174 g/mol. The summed E-state index contributed by atoms with van der Waals surface area (Å²) in [5.74, 6) is -1.72. The molecule has 0 bridgehead atoms. The third-order valence-corrected chi connectivity index (χ3v) is 2.73. The van der Waals surface area contributed by atoms with Crippen molar-refractivity contribution in [2.45, 2.75) is 40.2 Å². The van der Waals surface area contributed by atoms with E-state index in [4.69, 9.17) is 5.11 Å². The Balaban J connectivity index is 4.73. The lowest BCUT2D eigenvalue weighted by molar-refractivity contribution is -0.158. The quantitative estimate of drug-likeness (QED) is 0.667. The molecule has 12 heavy (non-hydrogen) atoms. The molecule has 0 aromatic carbocycles. The summed E-state index contributed by atoms with van der Waals surface area (Å²) in [6, 6.07) is 0. The van der Waals surface area contributed by atoms with Gasteiger partial charge >= 0.3 is 5.97 Å². The van der Waals surface area contributed by atoms with Crippen molar-refractivity contribution in [1.82, 2.24) is 0 Å². The Morgan fingerprint density at radius 3 is 1.67 bits per heavy atom. The molecular weight excluding hydrogens is 156 g/mol. The fraction of sp³-hybridized carbons (Fsp3) is 0.889. The number of aliphatic hydroxyl groups is 1. The summed E-state index contributed by atoms with van der Waals surface area (Å²) in [6.45, 7) is 8.56. The highest BCUT2D eigenvalue weighted by Gasteiger charge is 2.43. The zero-order valence-electron chi connectivity index (χ0n) is 8.38. The molecule has 0 fully saturated rings. The van der Waals surface area contributed by atoms with E-state index >= 15 is 0 Å². The Morgan fingerprint density at radius 2 is 1.58 bits per heavy atom. The summed E-state index contributed by atoms with van der Waals surface area (Å²) in [5, 5.41) is 18.6. The van der Waals surface area contributed by atoms with E-state index in [0.29, 0.717) is 0 Å². The van der Waals surface area contributed by atoms with E-state index in [1.165, 1.54) is 6.92 Å². The van der Waals surface area contributed by atoms with Crippen LogP contribution in [0, 0.1) is 11.3 Å². The van der Waals surface area contributed by atoms with E-state index in [9.17, 15) is 9.90 Å². The largest absolute Gasteiger partial charge is 0.481 e. The maximum Gasteiger partial charge on any atom is 0.309 e.